The molecule has 0 aromatic heterocycles. The summed E-state index contributed by atoms with van der Waals surface area (Å²) in [6.45, 7) is 0. The van der Waals surface area contributed by atoms with Gasteiger partial charge in [-0.05, 0) is 0 Å². The summed E-state index contributed by atoms with van der Waals surface area (Å²) in [7, 11) is 14.8. The molecule has 5 heavy (non-hydrogen) atoms. The minimum atomic E-state index is -1.62. The summed E-state index contributed by atoms with van der Waals surface area (Å²) in [6.07, 6.45) is 0. The predicted octanol–water partition coefficient (Wildman–Crippen LogP) is 2.06. The summed E-state index contributed by atoms with van der Waals surface area (Å²) in [5.74, 6) is 0. The Hall–Kier alpha value is 2.12. The van der Waals surface area contributed by atoms with Crippen molar-refractivity contribution in [3.63, 3.8) is 0 Å². The first-order valence-electron chi connectivity index (χ1n) is 0.463. The monoisotopic (exact) mass is 205 g/mol. The summed E-state index contributed by atoms with van der Waals surface area (Å²) in [5, 5.41) is 0. The average molecular weight is 206 g/mol. The fourth-order valence-corrected chi connectivity index (χ4v) is 0. The molecule has 0 aliphatic heterocycles. The predicted molar refractivity (Wildman–Crippen MR) is 17.6 cm³/mol. The first-order chi connectivity index (χ1) is 1.73. The molecule has 0 aliphatic carbocycles. The van der Waals surface area contributed by atoms with Crippen molar-refractivity contribution in [2.45, 2.75) is 0 Å². The summed E-state index contributed by atoms with van der Waals surface area (Å²) in [4.78, 5) is 0. The van der Waals surface area contributed by atoms with Crippen LogP contribution < -0.4 is 0 Å². The van der Waals surface area contributed by atoms with Gasteiger partial charge in [-0.3, -0.25) is 0 Å². The molecule has 0 saturated heterocycles. The Morgan fingerprint density at radius 1 is 1.00 bits per heavy atom. The van der Waals surface area contributed by atoms with Crippen molar-refractivity contribution in [3.05, 3.63) is 0 Å². The molecule has 0 N–H and O–H groups in total. The second-order valence-electron chi connectivity index (χ2n) is 0.175. The second kappa shape index (κ2) is 6.12. The van der Waals surface area contributed by atoms with E-state index in [9.17, 15) is 0 Å². The van der Waals surface area contributed by atoms with Crippen molar-refractivity contribution >= 4 is 30.1 Å². The van der Waals surface area contributed by atoms with E-state index < -0.39 is 11.4 Å². The van der Waals surface area contributed by atoms with Gasteiger partial charge in [-0.1, -0.05) is 0 Å². The van der Waals surface area contributed by atoms with Gasteiger partial charge in [0, 0.05) is 21.7 Å². The summed E-state index contributed by atoms with van der Waals surface area (Å²) in [6, 6.07) is 0. The fraction of sp³-hybridized carbons (Fsp3) is 0. The van der Waals surface area contributed by atoms with Crippen LogP contribution >= 0.6 is 30.1 Å². The van der Waals surface area contributed by atoms with Crippen LogP contribution in [0.25, 0.3) is 0 Å². The summed E-state index contributed by atoms with van der Waals surface area (Å²) >= 11 is -1.62. The van der Waals surface area contributed by atoms with Crippen molar-refractivity contribution in [1.82, 2.24) is 0 Å². The van der Waals surface area contributed by atoms with Crippen molar-refractivity contribution in [3.8, 4) is 0 Å². The van der Waals surface area contributed by atoms with Crippen LogP contribution in [0.5, 0.6) is 0 Å². The van der Waals surface area contributed by atoms with Crippen LogP contribution in [0.15, 0.2) is 0 Å². The largest absolute Gasteiger partial charge is 0 e. The quantitative estimate of drug-likeness (QED) is 0.532. The van der Waals surface area contributed by atoms with E-state index >= 15 is 0 Å². The zero-order chi connectivity index (χ0) is 3.58. The Kier molecular flexibility index (Phi) is 12.4. The molecule has 0 heterocycles. The van der Waals surface area contributed by atoms with E-state index in [4.69, 9.17) is 30.1 Å². The van der Waals surface area contributed by atoms with Gasteiger partial charge in [0.25, 0.3) is 0 Å². The van der Waals surface area contributed by atoms with Gasteiger partial charge in [-0.15, -0.1) is 0 Å². The van der Waals surface area contributed by atoms with E-state index in [1.165, 1.54) is 0 Å². The van der Waals surface area contributed by atoms with Crippen LogP contribution in [0, 0.1) is 0 Å². The normalized spacial score (nSPS) is 7.20. The van der Waals surface area contributed by atoms with Crippen LogP contribution in [0.1, 0.15) is 0 Å². The topological polar surface area (TPSA) is 0 Å². The standard InChI is InChI=1S/3ClH.Cr.Ti/h3*1H;;/q;;;+3;/p-3. The molecule has 0 amide bonds. The van der Waals surface area contributed by atoms with Gasteiger partial charge in [0.2, 0.25) is 0 Å². The van der Waals surface area contributed by atoms with E-state index in [0.717, 1.165) is 0 Å². The van der Waals surface area contributed by atoms with E-state index in [2.05, 4.69) is 0 Å². The van der Waals surface area contributed by atoms with Crippen LogP contribution in [0.4, 0.5) is 0 Å². The summed E-state index contributed by atoms with van der Waals surface area (Å²) in [5.41, 5.74) is 0. The number of halogens is 3. The number of rotatable bonds is 0. The first-order valence-corrected chi connectivity index (χ1v) is 5.73. The first kappa shape index (κ1) is 10.2. The van der Waals surface area contributed by atoms with Gasteiger partial charge in [-0.2, -0.15) is 0 Å². The van der Waals surface area contributed by atoms with E-state index in [1.54, 1.807) is 0 Å². The third-order valence-electron chi connectivity index (χ3n) is 0. The third-order valence-corrected chi connectivity index (χ3v) is 0. The number of hydrogen-bond acceptors (Lipinski definition) is 0. The molecular weight excluding hydrogens is 206 g/mol. The molecule has 0 saturated carbocycles. The molecule has 0 unspecified atom stereocenters. The van der Waals surface area contributed by atoms with E-state index in [1.807, 2.05) is 0 Å². The minimum absolute atomic E-state index is 0. The molecule has 0 spiro atoms. The van der Waals surface area contributed by atoms with Gasteiger partial charge < -0.3 is 0 Å². The van der Waals surface area contributed by atoms with Crippen molar-refractivity contribution < 1.29 is 33.1 Å². The van der Waals surface area contributed by atoms with E-state index in [-0.39, 0.29) is 21.7 Å². The minimum Gasteiger partial charge on any atom is 0 e. The molecule has 0 atom stereocenters. The smallest absolute Gasteiger partial charge is 0 e. The Morgan fingerprint density at radius 3 is 1.00 bits per heavy atom. The van der Waals surface area contributed by atoms with Crippen molar-refractivity contribution in [2.75, 3.05) is 0 Å². The van der Waals surface area contributed by atoms with Crippen molar-refractivity contribution in [2.24, 2.45) is 0 Å². The maximum Gasteiger partial charge on any atom is 0 e. The molecule has 0 aromatic carbocycles. The zero-order valence-electron chi connectivity index (χ0n) is 2.04. The third kappa shape index (κ3) is 23.1. The molecule has 0 bridgehead atoms. The second-order valence-corrected chi connectivity index (χ2v) is 6.49. The van der Waals surface area contributed by atoms with Gasteiger partial charge in [0.05, 0.1) is 0 Å². The Bertz CT molecular complexity index is 11.6. The van der Waals surface area contributed by atoms with Gasteiger partial charge >= 0.3 is 41.5 Å². The fourth-order valence-electron chi connectivity index (χ4n) is 0. The zero-order valence-corrected chi connectivity index (χ0v) is 7.15. The van der Waals surface area contributed by atoms with Crippen molar-refractivity contribution in [1.29, 1.82) is 0 Å². The van der Waals surface area contributed by atoms with Gasteiger partial charge in [-0.25, -0.2) is 0 Å². The number of hydrogen-bond donors (Lipinski definition) is 0. The molecule has 0 radical (unpaired) electrons. The van der Waals surface area contributed by atoms with Crippen LogP contribution in [-0.4, -0.2) is 0 Å². The Balaban J connectivity index is 0. The molecule has 0 aromatic rings. The SMILES string of the molecule is [Cl][Cr]([Cl])[Cl].[Ti]. The Morgan fingerprint density at radius 2 is 1.00 bits per heavy atom. The molecule has 0 nitrogen and oxygen atoms in total. The molecule has 0 fully saturated rings. The molecule has 0 aliphatic rings. The molecule has 0 rings (SSSR count). The maximum absolute atomic E-state index is 4.93. The van der Waals surface area contributed by atoms with Crippen LogP contribution in [0.2, 0.25) is 0 Å². The molecule has 31 valence electrons. The maximum atomic E-state index is 4.93. The average Bonchev–Trinajstić information content (AvgIpc) is 0.811. The van der Waals surface area contributed by atoms with E-state index in [0.29, 0.717) is 0 Å². The van der Waals surface area contributed by atoms with Crippen LogP contribution in [-0.2, 0) is 33.1 Å². The summed E-state index contributed by atoms with van der Waals surface area (Å²) < 4.78 is 0. The molecule has 5 heteroatoms. The van der Waals surface area contributed by atoms with Gasteiger partial charge in [0.1, 0.15) is 0 Å². The Labute approximate surface area is 62.7 Å². The van der Waals surface area contributed by atoms with Crippen LogP contribution in [0.3, 0.4) is 0 Å². The van der Waals surface area contributed by atoms with Gasteiger partial charge in [0.15, 0.2) is 0 Å². The molecular formula is Cl3CrTi.